The molecule has 35 heavy (non-hydrogen) atoms. The molecule has 188 valence electrons. The van der Waals surface area contributed by atoms with Crippen molar-refractivity contribution in [1.82, 2.24) is 0 Å². The lowest BCUT2D eigenvalue weighted by Gasteiger charge is -2.30. The highest BCUT2D eigenvalue weighted by Gasteiger charge is 2.34. The summed E-state index contributed by atoms with van der Waals surface area (Å²) in [6, 6.07) is 17.9. The average molecular weight is 499 g/mol. The Labute approximate surface area is 209 Å². The van der Waals surface area contributed by atoms with Crippen LogP contribution in [0.5, 0.6) is 28.7 Å². The number of benzene rings is 3. The predicted octanol–water partition coefficient (Wildman–Crippen LogP) is 4.76. The highest BCUT2D eigenvalue weighted by molar-refractivity contribution is 7.80. The maximum absolute atomic E-state index is 6.29. The van der Waals surface area contributed by atoms with Crippen LogP contribution in [-0.2, 0) is 10.2 Å². The van der Waals surface area contributed by atoms with E-state index in [0.717, 1.165) is 27.2 Å². The monoisotopic (exact) mass is 498 g/mol. The molecule has 0 aliphatic heterocycles. The Bertz CT molecular complexity index is 1040. The molecule has 3 rings (SSSR count). The number of rotatable bonds is 10. The van der Waals surface area contributed by atoms with Crippen molar-refractivity contribution < 1.29 is 28.4 Å². The molecule has 3 aromatic rings. The van der Waals surface area contributed by atoms with Crippen LogP contribution in [-0.4, -0.2) is 42.3 Å². The quantitative estimate of drug-likeness (QED) is 0.297. The van der Waals surface area contributed by atoms with E-state index in [0.29, 0.717) is 23.0 Å². The SMILES string of the molecule is COCOc1c(P(c2c(OC)cccc2OC)c2c(OC)cccc2OC)cccc1C(C)(C)C. The van der Waals surface area contributed by atoms with E-state index in [9.17, 15) is 0 Å². The molecule has 0 aliphatic carbocycles. The highest BCUT2D eigenvalue weighted by Crippen LogP contribution is 2.48. The molecule has 0 radical (unpaired) electrons. The zero-order valence-electron chi connectivity index (χ0n) is 21.8. The van der Waals surface area contributed by atoms with Gasteiger partial charge in [0.05, 0.1) is 39.0 Å². The molecule has 0 N–H and O–H groups in total. The number of ether oxygens (including phenoxy) is 6. The first-order chi connectivity index (χ1) is 16.8. The maximum Gasteiger partial charge on any atom is 0.188 e. The third kappa shape index (κ3) is 5.50. The van der Waals surface area contributed by atoms with E-state index in [1.165, 1.54) is 0 Å². The van der Waals surface area contributed by atoms with E-state index in [1.807, 2.05) is 36.4 Å². The smallest absolute Gasteiger partial charge is 0.188 e. The van der Waals surface area contributed by atoms with Crippen LogP contribution in [0.2, 0.25) is 0 Å². The van der Waals surface area contributed by atoms with E-state index < -0.39 is 7.92 Å². The minimum Gasteiger partial charge on any atom is -0.496 e. The summed E-state index contributed by atoms with van der Waals surface area (Å²) in [4.78, 5) is 0. The molecule has 0 fully saturated rings. The molecule has 0 saturated carbocycles. The fourth-order valence-corrected chi connectivity index (χ4v) is 6.89. The predicted molar refractivity (Wildman–Crippen MR) is 143 cm³/mol. The molecule has 0 heterocycles. The summed E-state index contributed by atoms with van der Waals surface area (Å²) in [5.74, 6) is 3.61. The van der Waals surface area contributed by atoms with Gasteiger partial charge in [-0.25, -0.2) is 0 Å². The molecule has 0 unspecified atom stereocenters. The lowest BCUT2D eigenvalue weighted by Crippen LogP contribution is -2.28. The second-order valence-corrected chi connectivity index (χ2v) is 10.9. The van der Waals surface area contributed by atoms with Crippen LogP contribution in [0.4, 0.5) is 0 Å². The largest absolute Gasteiger partial charge is 0.496 e. The van der Waals surface area contributed by atoms with Crippen molar-refractivity contribution in [3.8, 4) is 28.7 Å². The Morgan fingerprint density at radius 1 is 0.629 bits per heavy atom. The number of para-hydroxylation sites is 1. The molecule has 7 heteroatoms. The van der Waals surface area contributed by atoms with Gasteiger partial charge >= 0.3 is 0 Å². The van der Waals surface area contributed by atoms with Gasteiger partial charge in [-0.1, -0.05) is 51.1 Å². The minimum absolute atomic E-state index is 0.120. The van der Waals surface area contributed by atoms with Crippen molar-refractivity contribution in [2.24, 2.45) is 0 Å². The van der Waals surface area contributed by atoms with Crippen molar-refractivity contribution in [1.29, 1.82) is 0 Å². The lowest BCUT2D eigenvalue weighted by atomic mass is 9.86. The van der Waals surface area contributed by atoms with Crippen LogP contribution in [0, 0.1) is 0 Å². The summed E-state index contributed by atoms with van der Waals surface area (Å²) in [5, 5.41) is 2.79. The Balaban J connectivity index is 2.51. The van der Waals surface area contributed by atoms with Gasteiger partial charge in [0.2, 0.25) is 0 Å². The summed E-state index contributed by atoms with van der Waals surface area (Å²) >= 11 is 0. The minimum atomic E-state index is -1.33. The Kier molecular flexibility index (Phi) is 8.87. The molecule has 0 amide bonds. The molecular formula is C28H35O6P. The molecule has 0 aromatic heterocycles. The molecule has 3 aromatic carbocycles. The van der Waals surface area contributed by atoms with Gasteiger partial charge in [-0.05, 0) is 29.7 Å². The van der Waals surface area contributed by atoms with Crippen LogP contribution in [0.3, 0.4) is 0 Å². The van der Waals surface area contributed by atoms with E-state index >= 15 is 0 Å². The molecule has 6 nitrogen and oxygen atoms in total. The molecular weight excluding hydrogens is 463 g/mol. The second kappa shape index (κ2) is 11.7. The van der Waals surface area contributed by atoms with Gasteiger partial charge < -0.3 is 28.4 Å². The fraction of sp³-hybridized carbons (Fsp3) is 0.357. The summed E-state index contributed by atoms with van der Waals surface area (Å²) in [7, 11) is 6.95. The van der Waals surface area contributed by atoms with E-state index in [1.54, 1.807) is 35.5 Å². The first-order valence-electron chi connectivity index (χ1n) is 11.3. The van der Waals surface area contributed by atoms with Gasteiger partial charge in [0.1, 0.15) is 28.7 Å². The van der Waals surface area contributed by atoms with Crippen molar-refractivity contribution in [3.05, 3.63) is 60.2 Å². The van der Waals surface area contributed by atoms with Crippen LogP contribution in [0.1, 0.15) is 26.3 Å². The number of hydrogen-bond acceptors (Lipinski definition) is 6. The van der Waals surface area contributed by atoms with Crippen molar-refractivity contribution in [2.45, 2.75) is 26.2 Å². The summed E-state index contributed by atoms with van der Waals surface area (Å²) in [6.45, 7) is 6.62. The highest BCUT2D eigenvalue weighted by atomic mass is 31.1. The Morgan fingerprint density at radius 2 is 1.06 bits per heavy atom. The van der Waals surface area contributed by atoms with E-state index in [-0.39, 0.29) is 12.2 Å². The van der Waals surface area contributed by atoms with Crippen LogP contribution < -0.4 is 39.6 Å². The summed E-state index contributed by atoms with van der Waals surface area (Å²) in [5.41, 5.74) is 0.901. The van der Waals surface area contributed by atoms with Crippen molar-refractivity contribution >= 4 is 23.8 Å². The Morgan fingerprint density at radius 3 is 1.43 bits per heavy atom. The van der Waals surface area contributed by atoms with Crippen LogP contribution >= 0.6 is 7.92 Å². The number of hydrogen-bond donors (Lipinski definition) is 0. The van der Waals surface area contributed by atoms with Crippen molar-refractivity contribution in [2.75, 3.05) is 42.3 Å². The van der Waals surface area contributed by atoms with Gasteiger partial charge in [0.25, 0.3) is 0 Å². The normalized spacial score (nSPS) is 11.3. The number of methoxy groups -OCH3 is 5. The molecule has 0 saturated heterocycles. The third-order valence-electron chi connectivity index (χ3n) is 5.62. The van der Waals surface area contributed by atoms with Gasteiger partial charge in [-0.2, -0.15) is 0 Å². The van der Waals surface area contributed by atoms with E-state index in [2.05, 4.69) is 39.0 Å². The van der Waals surface area contributed by atoms with Crippen LogP contribution in [0.25, 0.3) is 0 Å². The van der Waals surface area contributed by atoms with Crippen molar-refractivity contribution in [3.63, 3.8) is 0 Å². The van der Waals surface area contributed by atoms with Gasteiger partial charge in [0, 0.05) is 25.9 Å². The lowest BCUT2D eigenvalue weighted by molar-refractivity contribution is 0.0506. The van der Waals surface area contributed by atoms with Crippen LogP contribution in [0.15, 0.2) is 54.6 Å². The molecule has 0 aliphatic rings. The third-order valence-corrected chi connectivity index (χ3v) is 8.23. The zero-order valence-corrected chi connectivity index (χ0v) is 22.7. The van der Waals surface area contributed by atoms with Gasteiger partial charge in [-0.15, -0.1) is 0 Å². The molecule has 0 bridgehead atoms. The Hall–Kier alpha value is -2.95. The average Bonchev–Trinajstić information content (AvgIpc) is 2.87. The maximum atomic E-state index is 6.29. The first kappa shape index (κ1) is 26.7. The first-order valence-corrected chi connectivity index (χ1v) is 12.6. The fourth-order valence-electron chi connectivity index (χ4n) is 4.02. The van der Waals surface area contributed by atoms with Gasteiger partial charge in [-0.3, -0.25) is 0 Å². The second-order valence-electron chi connectivity index (χ2n) is 8.81. The topological polar surface area (TPSA) is 55.4 Å². The standard InChI is InChI=1S/C28H35O6P/c1-28(2,3)19-12-9-17-24(25(19)34-18-29-4)35(26-20(30-5)13-10-14-21(26)31-6)27-22(32-7)15-11-16-23(27)33-8/h9-17H,18H2,1-8H3. The summed E-state index contributed by atoms with van der Waals surface area (Å²) in [6.07, 6.45) is 0. The summed E-state index contributed by atoms with van der Waals surface area (Å²) < 4.78 is 35.1. The van der Waals surface area contributed by atoms with E-state index in [4.69, 9.17) is 28.4 Å². The zero-order chi connectivity index (χ0) is 25.6. The molecule has 0 spiro atoms. The van der Waals surface area contributed by atoms with Gasteiger partial charge in [0.15, 0.2) is 6.79 Å². The molecule has 0 atom stereocenters.